The lowest BCUT2D eigenvalue weighted by Crippen LogP contribution is -1.94. The Labute approximate surface area is 88.0 Å². The fourth-order valence-electron chi connectivity index (χ4n) is 1.68. The molecule has 0 radical (unpaired) electrons. The number of nitrogens with zero attached hydrogens (tertiary/aromatic N) is 2. The van der Waals surface area contributed by atoms with E-state index in [4.69, 9.17) is 0 Å². The first kappa shape index (κ1) is 8.53. The Balaban J connectivity index is 1.93. The molecule has 3 heteroatoms. The summed E-state index contributed by atoms with van der Waals surface area (Å²) in [5.41, 5.74) is 2.17. The van der Waals surface area contributed by atoms with E-state index >= 15 is 0 Å². The van der Waals surface area contributed by atoms with Crippen LogP contribution in [-0.2, 0) is 0 Å². The van der Waals surface area contributed by atoms with E-state index in [0.29, 0.717) is 5.92 Å². The normalized spacial score (nSPS) is 15.5. The molecule has 0 aliphatic heterocycles. The lowest BCUT2D eigenvalue weighted by molar-refractivity contribution is 0.475. The minimum absolute atomic E-state index is 0.285. The highest BCUT2D eigenvalue weighted by Gasteiger charge is 2.25. The van der Waals surface area contributed by atoms with Gasteiger partial charge in [-0.2, -0.15) is 5.10 Å². The van der Waals surface area contributed by atoms with Gasteiger partial charge in [-0.3, -0.25) is 0 Å². The first-order valence-corrected chi connectivity index (χ1v) is 5.18. The van der Waals surface area contributed by atoms with Gasteiger partial charge < -0.3 is 5.11 Å². The molecule has 0 spiro atoms. The molecule has 0 bridgehead atoms. The topological polar surface area (TPSA) is 38.0 Å². The highest BCUT2D eigenvalue weighted by atomic mass is 16.3. The quantitative estimate of drug-likeness (QED) is 0.808. The van der Waals surface area contributed by atoms with Crippen LogP contribution in [0.3, 0.4) is 0 Å². The van der Waals surface area contributed by atoms with E-state index in [2.05, 4.69) is 11.2 Å². The summed E-state index contributed by atoms with van der Waals surface area (Å²) in [6.07, 6.45) is 4.51. The third-order valence-corrected chi connectivity index (χ3v) is 2.72. The zero-order chi connectivity index (χ0) is 10.3. The van der Waals surface area contributed by atoms with Crippen LogP contribution < -0.4 is 0 Å². The maximum Gasteiger partial charge on any atom is 0.115 e. The molecule has 0 atom stereocenters. The van der Waals surface area contributed by atoms with Gasteiger partial charge in [0.05, 0.1) is 11.4 Å². The Bertz CT molecular complexity index is 469. The summed E-state index contributed by atoms with van der Waals surface area (Å²) < 4.78 is 1.85. The van der Waals surface area contributed by atoms with Gasteiger partial charge >= 0.3 is 0 Å². The molecule has 3 nitrogen and oxygen atoms in total. The molecule has 1 N–H and O–H groups in total. The fourth-order valence-corrected chi connectivity index (χ4v) is 1.68. The summed E-state index contributed by atoms with van der Waals surface area (Å²) in [4.78, 5) is 0. The van der Waals surface area contributed by atoms with Gasteiger partial charge in [0.1, 0.15) is 5.75 Å². The molecule has 1 aromatic carbocycles. The van der Waals surface area contributed by atoms with Crippen molar-refractivity contribution in [2.75, 3.05) is 0 Å². The van der Waals surface area contributed by atoms with E-state index in [9.17, 15) is 5.11 Å². The van der Waals surface area contributed by atoms with Crippen molar-refractivity contribution in [3.8, 4) is 11.4 Å². The summed E-state index contributed by atoms with van der Waals surface area (Å²) >= 11 is 0. The molecule has 2 aromatic rings. The molecule has 1 heterocycles. The molecular formula is C12H12N2O. The number of hydrogen-bond acceptors (Lipinski definition) is 2. The average molecular weight is 200 g/mol. The predicted octanol–water partition coefficient (Wildman–Crippen LogP) is 2.46. The number of aromatic nitrogens is 2. The minimum atomic E-state index is 0.285. The number of hydrogen-bond donors (Lipinski definition) is 1. The van der Waals surface area contributed by atoms with Gasteiger partial charge in [0, 0.05) is 12.1 Å². The SMILES string of the molecule is Oc1ccc(-n2ccc(C3CC3)n2)cc1. The smallest absolute Gasteiger partial charge is 0.115 e. The van der Waals surface area contributed by atoms with Crippen molar-refractivity contribution in [3.63, 3.8) is 0 Å². The van der Waals surface area contributed by atoms with Crippen LogP contribution in [0.5, 0.6) is 5.75 Å². The van der Waals surface area contributed by atoms with E-state index in [1.54, 1.807) is 12.1 Å². The molecule has 1 fully saturated rings. The van der Waals surface area contributed by atoms with Gasteiger partial charge in [0.2, 0.25) is 0 Å². The first-order valence-electron chi connectivity index (χ1n) is 5.18. The highest BCUT2D eigenvalue weighted by Crippen LogP contribution is 2.39. The Kier molecular flexibility index (Phi) is 1.78. The first-order chi connectivity index (χ1) is 7.33. The third kappa shape index (κ3) is 1.61. The van der Waals surface area contributed by atoms with Crippen molar-refractivity contribution in [3.05, 3.63) is 42.2 Å². The van der Waals surface area contributed by atoms with Gasteiger partial charge in [-0.05, 0) is 43.2 Å². The maximum absolute atomic E-state index is 9.18. The second-order valence-corrected chi connectivity index (χ2v) is 3.98. The zero-order valence-corrected chi connectivity index (χ0v) is 8.30. The molecule has 1 saturated carbocycles. The molecule has 1 aliphatic carbocycles. The zero-order valence-electron chi connectivity index (χ0n) is 8.30. The monoisotopic (exact) mass is 200 g/mol. The standard InChI is InChI=1S/C12H12N2O/c15-11-5-3-10(4-6-11)14-8-7-12(13-14)9-1-2-9/h3-9,15H,1-2H2. The lowest BCUT2D eigenvalue weighted by atomic mass is 10.3. The Morgan fingerprint density at radius 2 is 1.87 bits per heavy atom. The Hall–Kier alpha value is -1.77. The number of rotatable bonds is 2. The van der Waals surface area contributed by atoms with Gasteiger partial charge in [-0.15, -0.1) is 0 Å². The molecule has 76 valence electrons. The summed E-state index contributed by atoms with van der Waals surface area (Å²) in [7, 11) is 0. The van der Waals surface area contributed by atoms with Gasteiger partial charge in [0.25, 0.3) is 0 Å². The number of phenols is 1. The summed E-state index contributed by atoms with van der Waals surface area (Å²) in [6, 6.07) is 9.14. The van der Waals surface area contributed by atoms with Crippen molar-refractivity contribution >= 4 is 0 Å². The maximum atomic E-state index is 9.18. The number of benzene rings is 1. The minimum Gasteiger partial charge on any atom is -0.508 e. The predicted molar refractivity (Wildman–Crippen MR) is 57.2 cm³/mol. The molecule has 15 heavy (non-hydrogen) atoms. The summed E-state index contributed by atoms with van der Waals surface area (Å²) in [5, 5.41) is 13.7. The van der Waals surface area contributed by atoms with Crippen molar-refractivity contribution in [1.29, 1.82) is 0 Å². The Morgan fingerprint density at radius 1 is 1.13 bits per heavy atom. The number of phenolic OH excluding ortho intramolecular Hbond substituents is 1. The third-order valence-electron chi connectivity index (χ3n) is 2.72. The average Bonchev–Trinajstić information content (AvgIpc) is 2.99. The van der Waals surface area contributed by atoms with Crippen LogP contribution in [0.2, 0.25) is 0 Å². The van der Waals surface area contributed by atoms with Crippen LogP contribution in [0.25, 0.3) is 5.69 Å². The van der Waals surface area contributed by atoms with Crippen LogP contribution >= 0.6 is 0 Å². The highest BCUT2D eigenvalue weighted by molar-refractivity contribution is 5.36. The number of aromatic hydroxyl groups is 1. The van der Waals surface area contributed by atoms with Crippen LogP contribution in [0.15, 0.2) is 36.5 Å². The second kappa shape index (κ2) is 3.12. The van der Waals surface area contributed by atoms with Crippen LogP contribution in [0.4, 0.5) is 0 Å². The Morgan fingerprint density at radius 3 is 2.53 bits per heavy atom. The van der Waals surface area contributed by atoms with Crippen LogP contribution in [0.1, 0.15) is 24.5 Å². The fraction of sp³-hybridized carbons (Fsp3) is 0.250. The van der Waals surface area contributed by atoms with E-state index < -0.39 is 0 Å². The summed E-state index contributed by atoms with van der Waals surface area (Å²) in [6.45, 7) is 0. The van der Waals surface area contributed by atoms with E-state index in [1.807, 2.05) is 23.0 Å². The van der Waals surface area contributed by atoms with Gasteiger partial charge in [-0.25, -0.2) is 4.68 Å². The van der Waals surface area contributed by atoms with Crippen LogP contribution in [0, 0.1) is 0 Å². The molecule has 0 saturated heterocycles. The van der Waals surface area contributed by atoms with Crippen molar-refractivity contribution in [1.82, 2.24) is 9.78 Å². The van der Waals surface area contributed by atoms with Crippen molar-refractivity contribution < 1.29 is 5.11 Å². The largest absolute Gasteiger partial charge is 0.508 e. The van der Waals surface area contributed by atoms with Crippen molar-refractivity contribution in [2.45, 2.75) is 18.8 Å². The summed E-state index contributed by atoms with van der Waals surface area (Å²) in [5.74, 6) is 0.969. The molecular weight excluding hydrogens is 188 g/mol. The van der Waals surface area contributed by atoms with Crippen molar-refractivity contribution in [2.24, 2.45) is 0 Å². The lowest BCUT2D eigenvalue weighted by Gasteiger charge is -2.00. The van der Waals surface area contributed by atoms with Crippen LogP contribution in [-0.4, -0.2) is 14.9 Å². The molecule has 1 aliphatic rings. The second-order valence-electron chi connectivity index (χ2n) is 3.98. The molecule has 0 unspecified atom stereocenters. The molecule has 1 aromatic heterocycles. The van der Waals surface area contributed by atoms with Gasteiger partial charge in [0.15, 0.2) is 0 Å². The molecule has 3 rings (SSSR count). The molecule has 0 amide bonds. The van der Waals surface area contributed by atoms with E-state index in [1.165, 1.54) is 18.5 Å². The van der Waals surface area contributed by atoms with Gasteiger partial charge in [-0.1, -0.05) is 0 Å². The van der Waals surface area contributed by atoms with E-state index in [-0.39, 0.29) is 5.75 Å². The van der Waals surface area contributed by atoms with E-state index in [0.717, 1.165) is 5.69 Å².